The molecule has 1 aromatic carbocycles. The van der Waals surface area contributed by atoms with Gasteiger partial charge in [-0.25, -0.2) is 0 Å². The van der Waals surface area contributed by atoms with Gasteiger partial charge in [-0.1, -0.05) is 44.4 Å². The van der Waals surface area contributed by atoms with Crippen molar-refractivity contribution < 1.29 is 13.2 Å². The maximum atomic E-state index is 12.7. The zero-order chi connectivity index (χ0) is 16.9. The van der Waals surface area contributed by atoms with E-state index < -0.39 is 10.2 Å². The molecule has 0 saturated heterocycles. The van der Waals surface area contributed by atoms with Crippen molar-refractivity contribution in [1.82, 2.24) is 9.03 Å². The number of nitrogens with zero attached hydrogens (tertiary/aromatic N) is 1. The van der Waals surface area contributed by atoms with E-state index in [2.05, 4.69) is 4.72 Å². The van der Waals surface area contributed by atoms with Crippen molar-refractivity contribution in [2.75, 3.05) is 14.2 Å². The molecule has 0 radical (unpaired) electrons. The highest BCUT2D eigenvalue weighted by Gasteiger charge is 2.30. The van der Waals surface area contributed by atoms with Crippen LogP contribution in [0.4, 0.5) is 0 Å². The van der Waals surface area contributed by atoms with Gasteiger partial charge in [0.2, 0.25) is 0 Å². The van der Waals surface area contributed by atoms with Gasteiger partial charge in [0, 0.05) is 18.7 Å². The minimum absolute atomic E-state index is 0.108. The van der Waals surface area contributed by atoms with Gasteiger partial charge in [0.1, 0.15) is 5.75 Å². The van der Waals surface area contributed by atoms with Crippen molar-refractivity contribution in [3.8, 4) is 5.75 Å². The molecule has 0 unspecified atom stereocenters. The number of nitrogens with one attached hydrogen (secondary N) is 1. The van der Waals surface area contributed by atoms with E-state index in [9.17, 15) is 8.42 Å². The molecule has 0 amide bonds. The van der Waals surface area contributed by atoms with Gasteiger partial charge < -0.3 is 4.74 Å². The molecule has 1 aliphatic carbocycles. The Morgan fingerprint density at radius 3 is 2.52 bits per heavy atom. The van der Waals surface area contributed by atoms with Crippen LogP contribution in [-0.2, 0) is 10.2 Å². The molecule has 1 aliphatic rings. The number of hydrogen-bond acceptors (Lipinski definition) is 3. The van der Waals surface area contributed by atoms with Gasteiger partial charge in [-0.3, -0.25) is 0 Å². The second kappa shape index (κ2) is 8.13. The van der Waals surface area contributed by atoms with Crippen LogP contribution in [0.3, 0.4) is 0 Å². The molecule has 0 aromatic heterocycles. The maximum Gasteiger partial charge on any atom is 0.280 e. The summed E-state index contributed by atoms with van der Waals surface area (Å²) < 4.78 is 35.2. The van der Waals surface area contributed by atoms with E-state index in [0.29, 0.717) is 12.2 Å². The van der Waals surface area contributed by atoms with Crippen molar-refractivity contribution >= 4 is 10.2 Å². The van der Waals surface area contributed by atoms with Crippen LogP contribution in [0.2, 0.25) is 0 Å². The fourth-order valence-electron chi connectivity index (χ4n) is 3.22. The summed E-state index contributed by atoms with van der Waals surface area (Å²) in [6, 6.07) is 7.38. The molecule has 2 rings (SSSR count). The molecule has 0 aliphatic heterocycles. The third-order valence-electron chi connectivity index (χ3n) is 4.68. The highest BCUT2D eigenvalue weighted by molar-refractivity contribution is 7.87. The molecule has 0 bridgehead atoms. The molecule has 1 N–H and O–H groups in total. The molecule has 1 atom stereocenters. The quantitative estimate of drug-likeness (QED) is 0.829. The van der Waals surface area contributed by atoms with Gasteiger partial charge in [0.15, 0.2) is 0 Å². The standard InChI is InChI=1S/C17H28N2O3S/c1-4-16(15-12-8-9-13-17(15)22-3)18-23(20,21)19(2)14-10-6-5-7-11-14/h8-9,12-14,16,18H,4-7,10-11H2,1-3H3/t16-/m0/s1. The number of ether oxygens (including phenoxy) is 1. The summed E-state index contributed by atoms with van der Waals surface area (Å²) in [4.78, 5) is 0. The van der Waals surface area contributed by atoms with Crippen molar-refractivity contribution in [1.29, 1.82) is 0 Å². The van der Waals surface area contributed by atoms with Crippen LogP contribution < -0.4 is 9.46 Å². The smallest absolute Gasteiger partial charge is 0.280 e. The van der Waals surface area contributed by atoms with Gasteiger partial charge in [-0.2, -0.15) is 17.4 Å². The first-order valence-electron chi connectivity index (χ1n) is 8.37. The normalized spacial score (nSPS) is 18.1. The molecule has 130 valence electrons. The van der Waals surface area contributed by atoms with Crippen molar-refractivity contribution in [2.45, 2.75) is 57.5 Å². The molecule has 0 heterocycles. The lowest BCUT2D eigenvalue weighted by Gasteiger charge is -2.32. The maximum absolute atomic E-state index is 12.7. The van der Waals surface area contributed by atoms with Crippen molar-refractivity contribution in [3.63, 3.8) is 0 Å². The Bertz CT molecular complexity index is 598. The minimum atomic E-state index is -3.52. The van der Waals surface area contributed by atoms with E-state index in [1.54, 1.807) is 14.2 Å². The molecule has 0 spiro atoms. The topological polar surface area (TPSA) is 58.6 Å². The Morgan fingerprint density at radius 1 is 1.26 bits per heavy atom. The average molecular weight is 340 g/mol. The average Bonchev–Trinajstić information content (AvgIpc) is 2.59. The Kier molecular flexibility index (Phi) is 6.44. The zero-order valence-electron chi connectivity index (χ0n) is 14.3. The molecular weight excluding hydrogens is 312 g/mol. The minimum Gasteiger partial charge on any atom is -0.496 e. The summed E-state index contributed by atoms with van der Waals surface area (Å²) in [6.45, 7) is 1.97. The molecule has 5 nitrogen and oxygen atoms in total. The lowest BCUT2D eigenvalue weighted by Crippen LogP contribution is -2.46. The number of methoxy groups -OCH3 is 1. The summed E-state index contributed by atoms with van der Waals surface area (Å²) in [5, 5.41) is 0. The summed E-state index contributed by atoms with van der Waals surface area (Å²) >= 11 is 0. The van der Waals surface area contributed by atoms with Crippen LogP contribution in [0.5, 0.6) is 5.75 Å². The number of rotatable bonds is 7. The fraction of sp³-hybridized carbons (Fsp3) is 0.647. The van der Waals surface area contributed by atoms with E-state index in [0.717, 1.165) is 31.2 Å². The first kappa shape index (κ1) is 18.2. The summed E-state index contributed by atoms with van der Waals surface area (Å²) in [6.07, 6.45) is 5.98. The van der Waals surface area contributed by atoms with Crippen LogP contribution in [-0.4, -0.2) is 32.9 Å². The number of para-hydroxylation sites is 1. The van der Waals surface area contributed by atoms with Gasteiger partial charge in [0.05, 0.1) is 13.2 Å². The lowest BCUT2D eigenvalue weighted by atomic mass is 9.96. The summed E-state index contributed by atoms with van der Waals surface area (Å²) in [7, 11) is -0.223. The second-order valence-electron chi connectivity index (χ2n) is 6.13. The molecule has 1 saturated carbocycles. The SMILES string of the molecule is CC[C@H](NS(=O)(=O)N(C)C1CCCCC1)c1ccccc1OC. The van der Waals surface area contributed by atoms with E-state index >= 15 is 0 Å². The van der Waals surface area contributed by atoms with Crippen LogP contribution in [0.25, 0.3) is 0 Å². The van der Waals surface area contributed by atoms with Crippen LogP contribution in [0.15, 0.2) is 24.3 Å². The second-order valence-corrected chi connectivity index (χ2v) is 7.90. The fourth-order valence-corrected chi connectivity index (χ4v) is 4.65. The lowest BCUT2D eigenvalue weighted by molar-refractivity contribution is 0.281. The largest absolute Gasteiger partial charge is 0.496 e. The first-order chi connectivity index (χ1) is 11.0. The molecule has 1 aromatic rings. The Morgan fingerprint density at radius 2 is 1.91 bits per heavy atom. The third-order valence-corrected chi connectivity index (χ3v) is 6.32. The molecule has 6 heteroatoms. The Labute approximate surface area is 140 Å². The monoisotopic (exact) mass is 340 g/mol. The molecule has 23 heavy (non-hydrogen) atoms. The van der Waals surface area contributed by atoms with Gasteiger partial charge in [-0.15, -0.1) is 0 Å². The first-order valence-corrected chi connectivity index (χ1v) is 9.81. The van der Waals surface area contributed by atoms with E-state index in [1.807, 2.05) is 31.2 Å². The van der Waals surface area contributed by atoms with Crippen LogP contribution in [0.1, 0.15) is 57.1 Å². The molecule has 1 fully saturated rings. The van der Waals surface area contributed by atoms with Crippen molar-refractivity contribution in [3.05, 3.63) is 29.8 Å². The highest BCUT2D eigenvalue weighted by atomic mass is 32.2. The van der Waals surface area contributed by atoms with Crippen molar-refractivity contribution in [2.24, 2.45) is 0 Å². The van der Waals surface area contributed by atoms with E-state index in [4.69, 9.17) is 4.74 Å². The van der Waals surface area contributed by atoms with Crippen LogP contribution >= 0.6 is 0 Å². The van der Waals surface area contributed by atoms with Gasteiger partial charge >= 0.3 is 0 Å². The number of benzene rings is 1. The molecular formula is C17H28N2O3S. The number of hydrogen-bond donors (Lipinski definition) is 1. The summed E-state index contributed by atoms with van der Waals surface area (Å²) in [5.41, 5.74) is 0.873. The third kappa shape index (κ3) is 4.46. The zero-order valence-corrected chi connectivity index (χ0v) is 15.1. The van der Waals surface area contributed by atoms with E-state index in [1.165, 1.54) is 10.7 Å². The van der Waals surface area contributed by atoms with Gasteiger partial charge in [-0.05, 0) is 25.3 Å². The predicted octanol–water partition coefficient (Wildman–Crippen LogP) is 3.25. The van der Waals surface area contributed by atoms with Crippen LogP contribution in [0, 0.1) is 0 Å². The highest BCUT2D eigenvalue weighted by Crippen LogP contribution is 2.29. The van der Waals surface area contributed by atoms with Gasteiger partial charge in [0.25, 0.3) is 10.2 Å². The van der Waals surface area contributed by atoms with E-state index in [-0.39, 0.29) is 12.1 Å². The predicted molar refractivity (Wildman–Crippen MR) is 92.7 cm³/mol. The Hall–Kier alpha value is -1.11. The summed E-state index contributed by atoms with van der Waals surface area (Å²) in [5.74, 6) is 0.711. The Balaban J connectivity index is 2.16.